The first kappa shape index (κ1) is 26.3. The van der Waals surface area contributed by atoms with Crippen LogP contribution in [0, 0.1) is 11.8 Å². The first-order valence-corrected chi connectivity index (χ1v) is 13.8. The standard InChI is InChI=1S/C25H22Br2Cl2N2O4/c1-2-21(22(32)13-6-4-3-5-7-13)30(23(33)14-8-9-19(28)20(29)10-14)31-24(34)15-11-17(26)18(27)12-16(15)25(31)35/h3-10,15-18,21H,2,11-12H2,1H3/t15-,16-,17+,18+,21-/m1/s1. The second kappa shape index (κ2) is 10.7. The fraction of sp³-hybridized carbons (Fsp3) is 0.360. The zero-order valence-electron chi connectivity index (χ0n) is 18.7. The maximum Gasteiger partial charge on any atom is 0.273 e. The third kappa shape index (κ3) is 4.95. The van der Waals surface area contributed by atoms with E-state index < -0.39 is 35.6 Å². The van der Waals surface area contributed by atoms with Gasteiger partial charge in [-0.2, -0.15) is 5.01 Å². The molecule has 2 aliphatic rings. The highest BCUT2D eigenvalue weighted by molar-refractivity contribution is 9.12. The number of hydrogen-bond donors (Lipinski definition) is 0. The number of alkyl halides is 2. The fourth-order valence-electron chi connectivity index (χ4n) is 4.69. The van der Waals surface area contributed by atoms with Crippen molar-refractivity contribution in [3.05, 3.63) is 69.7 Å². The molecule has 184 valence electrons. The first-order valence-electron chi connectivity index (χ1n) is 11.2. The van der Waals surface area contributed by atoms with Gasteiger partial charge in [-0.1, -0.05) is 92.3 Å². The number of hydrazine groups is 1. The van der Waals surface area contributed by atoms with E-state index in [1.807, 2.05) is 0 Å². The molecular weight excluding hydrogens is 623 g/mol. The summed E-state index contributed by atoms with van der Waals surface area (Å²) in [6.07, 6.45) is 1.08. The number of carbonyl (C=O) groups is 4. The van der Waals surface area contributed by atoms with Crippen LogP contribution in [0.2, 0.25) is 10.0 Å². The molecule has 0 aromatic heterocycles. The number of amides is 3. The van der Waals surface area contributed by atoms with Crippen molar-refractivity contribution in [1.29, 1.82) is 0 Å². The van der Waals surface area contributed by atoms with E-state index in [0.29, 0.717) is 18.4 Å². The third-order valence-electron chi connectivity index (χ3n) is 6.52. The van der Waals surface area contributed by atoms with Gasteiger partial charge in [-0.05, 0) is 37.5 Å². The van der Waals surface area contributed by atoms with Crippen molar-refractivity contribution in [3.8, 4) is 0 Å². The molecule has 0 N–H and O–H groups in total. The molecule has 0 bridgehead atoms. The van der Waals surface area contributed by atoms with Gasteiger partial charge in [0.1, 0.15) is 6.04 Å². The molecule has 0 unspecified atom stereocenters. The maximum atomic E-state index is 13.9. The van der Waals surface area contributed by atoms with E-state index in [1.165, 1.54) is 18.2 Å². The van der Waals surface area contributed by atoms with Gasteiger partial charge in [-0.15, -0.1) is 0 Å². The quantitative estimate of drug-likeness (QED) is 0.222. The lowest BCUT2D eigenvalue weighted by atomic mass is 9.81. The van der Waals surface area contributed by atoms with Crippen LogP contribution >= 0.6 is 55.1 Å². The Morgan fingerprint density at radius 1 is 0.943 bits per heavy atom. The van der Waals surface area contributed by atoms with Crippen LogP contribution in [0.15, 0.2) is 48.5 Å². The van der Waals surface area contributed by atoms with Crippen molar-refractivity contribution < 1.29 is 19.2 Å². The molecule has 10 heteroatoms. The minimum Gasteiger partial charge on any atom is -0.292 e. The Hall–Kier alpha value is -1.74. The number of Topliss-reactive ketones (excluding diaryl/α,β-unsaturated/α-hetero) is 1. The SMILES string of the molecule is CC[C@H](C(=O)c1ccccc1)N(C(=O)c1ccc(Cl)c(Cl)c1)N1C(=O)[C@@H]2C[C@H](Br)[C@@H](Br)C[C@H]2C1=O. The average molecular weight is 645 g/mol. The zero-order chi connectivity index (χ0) is 25.4. The Morgan fingerprint density at radius 3 is 2.03 bits per heavy atom. The van der Waals surface area contributed by atoms with Crippen molar-refractivity contribution in [2.75, 3.05) is 0 Å². The molecule has 2 aromatic rings. The molecule has 4 rings (SSSR count). The van der Waals surface area contributed by atoms with E-state index in [9.17, 15) is 19.2 Å². The number of nitrogens with zero attached hydrogens (tertiary/aromatic N) is 2. The Balaban J connectivity index is 1.80. The summed E-state index contributed by atoms with van der Waals surface area (Å²) in [4.78, 5) is 54.6. The van der Waals surface area contributed by atoms with Crippen molar-refractivity contribution in [2.45, 2.75) is 41.9 Å². The minimum atomic E-state index is -1.08. The lowest BCUT2D eigenvalue weighted by Gasteiger charge is -2.36. The number of ketones is 1. The van der Waals surface area contributed by atoms with Crippen LogP contribution in [0.25, 0.3) is 0 Å². The Labute approximate surface area is 230 Å². The monoisotopic (exact) mass is 642 g/mol. The van der Waals surface area contributed by atoms with Crippen molar-refractivity contribution >= 4 is 78.6 Å². The highest BCUT2D eigenvalue weighted by Gasteiger charge is 2.56. The van der Waals surface area contributed by atoms with Crippen LogP contribution in [0.5, 0.6) is 0 Å². The number of benzene rings is 2. The fourth-order valence-corrected chi connectivity index (χ4v) is 6.22. The number of fused-ring (bicyclic) bond motifs is 1. The summed E-state index contributed by atoms with van der Waals surface area (Å²) in [5.41, 5.74) is 0.495. The Morgan fingerprint density at radius 2 is 1.51 bits per heavy atom. The van der Waals surface area contributed by atoms with E-state index in [-0.39, 0.29) is 37.5 Å². The number of rotatable bonds is 6. The van der Waals surface area contributed by atoms with Gasteiger partial charge in [0.05, 0.1) is 21.9 Å². The molecule has 1 saturated heterocycles. The van der Waals surface area contributed by atoms with Gasteiger partial charge in [0, 0.05) is 20.8 Å². The highest BCUT2D eigenvalue weighted by Crippen LogP contribution is 2.44. The van der Waals surface area contributed by atoms with Gasteiger partial charge < -0.3 is 0 Å². The smallest absolute Gasteiger partial charge is 0.273 e. The highest BCUT2D eigenvalue weighted by atomic mass is 79.9. The topological polar surface area (TPSA) is 74.8 Å². The van der Waals surface area contributed by atoms with Crippen LogP contribution in [0.3, 0.4) is 0 Å². The molecule has 2 aromatic carbocycles. The van der Waals surface area contributed by atoms with Crippen LogP contribution < -0.4 is 0 Å². The number of hydrogen-bond acceptors (Lipinski definition) is 4. The normalized spacial score (nSPS) is 24.8. The molecular formula is C25H22Br2Cl2N2O4. The van der Waals surface area contributed by atoms with E-state index in [2.05, 4.69) is 31.9 Å². The van der Waals surface area contributed by atoms with Crippen molar-refractivity contribution in [1.82, 2.24) is 10.0 Å². The van der Waals surface area contributed by atoms with Crippen LogP contribution in [0.1, 0.15) is 46.9 Å². The molecule has 1 aliphatic carbocycles. The minimum absolute atomic E-state index is 0.00703. The summed E-state index contributed by atoms with van der Waals surface area (Å²) >= 11 is 19.3. The summed E-state index contributed by atoms with van der Waals surface area (Å²) in [6.45, 7) is 1.74. The summed E-state index contributed by atoms with van der Waals surface area (Å²) in [6, 6.07) is 11.7. The lowest BCUT2D eigenvalue weighted by molar-refractivity contribution is -0.156. The van der Waals surface area contributed by atoms with Crippen LogP contribution in [0.4, 0.5) is 0 Å². The predicted molar refractivity (Wildman–Crippen MR) is 141 cm³/mol. The zero-order valence-corrected chi connectivity index (χ0v) is 23.4. The van der Waals surface area contributed by atoms with E-state index in [1.54, 1.807) is 37.3 Å². The number of carbonyl (C=O) groups excluding carboxylic acids is 4. The molecule has 3 amide bonds. The Kier molecular flexibility index (Phi) is 8.05. The molecule has 6 nitrogen and oxygen atoms in total. The first-order chi connectivity index (χ1) is 16.6. The third-order valence-corrected chi connectivity index (χ3v) is 9.99. The van der Waals surface area contributed by atoms with Gasteiger partial charge in [0.15, 0.2) is 5.78 Å². The molecule has 5 atom stereocenters. The van der Waals surface area contributed by atoms with E-state index in [4.69, 9.17) is 23.2 Å². The molecule has 1 saturated carbocycles. The lowest BCUT2D eigenvalue weighted by Crippen LogP contribution is -2.57. The van der Waals surface area contributed by atoms with E-state index >= 15 is 0 Å². The van der Waals surface area contributed by atoms with Gasteiger partial charge in [0.25, 0.3) is 17.7 Å². The number of imide groups is 1. The van der Waals surface area contributed by atoms with Gasteiger partial charge in [-0.25, -0.2) is 5.01 Å². The molecule has 0 spiro atoms. The maximum absolute atomic E-state index is 13.9. The van der Waals surface area contributed by atoms with Crippen molar-refractivity contribution in [2.24, 2.45) is 11.8 Å². The summed E-state index contributed by atoms with van der Waals surface area (Å²) < 4.78 is 0. The van der Waals surface area contributed by atoms with E-state index in [0.717, 1.165) is 10.0 Å². The second-order valence-electron chi connectivity index (χ2n) is 8.64. The largest absolute Gasteiger partial charge is 0.292 e. The molecule has 1 aliphatic heterocycles. The van der Waals surface area contributed by atoms with Gasteiger partial charge >= 0.3 is 0 Å². The van der Waals surface area contributed by atoms with Crippen LogP contribution in [-0.4, -0.2) is 49.2 Å². The summed E-state index contributed by atoms with van der Waals surface area (Å²) in [5.74, 6) is -3.14. The summed E-state index contributed by atoms with van der Waals surface area (Å²) in [5, 5.41) is 2.34. The number of halogens is 4. The molecule has 0 radical (unpaired) electrons. The molecule has 35 heavy (non-hydrogen) atoms. The van der Waals surface area contributed by atoms with Crippen LogP contribution in [-0.2, 0) is 9.59 Å². The average Bonchev–Trinajstić information content (AvgIpc) is 3.08. The molecule has 2 fully saturated rings. The predicted octanol–water partition coefficient (Wildman–Crippen LogP) is 5.93. The molecule has 1 heterocycles. The second-order valence-corrected chi connectivity index (χ2v) is 11.8. The van der Waals surface area contributed by atoms with Crippen molar-refractivity contribution in [3.63, 3.8) is 0 Å². The summed E-state index contributed by atoms with van der Waals surface area (Å²) in [7, 11) is 0. The van der Waals surface area contributed by atoms with Gasteiger partial charge in [-0.3, -0.25) is 19.2 Å². The Bertz CT molecular complexity index is 1150. The van der Waals surface area contributed by atoms with Gasteiger partial charge in [0.2, 0.25) is 0 Å².